The number of fused-ring (bicyclic) bond motifs is 1. The normalized spacial score (nSPS) is 16.0. The van der Waals surface area contributed by atoms with E-state index < -0.39 is 0 Å². The summed E-state index contributed by atoms with van der Waals surface area (Å²) in [5.74, 6) is 0.548. The van der Waals surface area contributed by atoms with Crippen molar-refractivity contribution in [3.05, 3.63) is 88.6 Å². The molecule has 1 N–H and O–H groups in total. The van der Waals surface area contributed by atoms with Crippen LogP contribution in [0, 0.1) is 6.92 Å². The Kier molecular flexibility index (Phi) is 3.90. The largest absolute Gasteiger partial charge is 0.361 e. The number of hydrogen-bond donors (Lipinski definition) is 1. The lowest BCUT2D eigenvalue weighted by atomic mass is 10.1. The van der Waals surface area contributed by atoms with E-state index in [9.17, 15) is 4.79 Å². The van der Waals surface area contributed by atoms with Gasteiger partial charge in [-0.15, -0.1) is 0 Å². The molecule has 1 aliphatic rings. The first-order valence-electron chi connectivity index (χ1n) is 8.02. The van der Waals surface area contributed by atoms with Gasteiger partial charge < -0.3 is 5.32 Å². The molecule has 0 aliphatic carbocycles. The molecule has 25 heavy (non-hydrogen) atoms. The van der Waals surface area contributed by atoms with Gasteiger partial charge in [0, 0.05) is 28.0 Å². The van der Waals surface area contributed by atoms with Crippen LogP contribution in [-0.2, 0) is 0 Å². The van der Waals surface area contributed by atoms with Crippen LogP contribution in [0.15, 0.2) is 66.9 Å². The SMILES string of the molecule is Cc1c(Cl)cccc1N[C@H]1c2ccccc2C(=O)N1c1ccccn1. The summed E-state index contributed by atoms with van der Waals surface area (Å²) in [5.41, 5.74) is 3.45. The van der Waals surface area contributed by atoms with Gasteiger partial charge in [0.25, 0.3) is 5.91 Å². The van der Waals surface area contributed by atoms with Gasteiger partial charge in [0.05, 0.1) is 0 Å². The highest BCUT2D eigenvalue weighted by atomic mass is 35.5. The highest BCUT2D eigenvalue weighted by molar-refractivity contribution is 6.31. The average molecular weight is 350 g/mol. The first kappa shape index (κ1) is 15.7. The Bertz CT molecular complexity index is 943. The van der Waals surface area contributed by atoms with Crippen LogP contribution in [0.4, 0.5) is 11.5 Å². The van der Waals surface area contributed by atoms with Gasteiger partial charge >= 0.3 is 0 Å². The summed E-state index contributed by atoms with van der Waals surface area (Å²) >= 11 is 6.25. The molecule has 2 aromatic carbocycles. The van der Waals surface area contributed by atoms with E-state index in [0.717, 1.165) is 16.8 Å². The van der Waals surface area contributed by atoms with Gasteiger partial charge in [-0.25, -0.2) is 4.98 Å². The van der Waals surface area contributed by atoms with Crippen molar-refractivity contribution in [3.8, 4) is 0 Å². The molecular formula is C20H16ClN3O. The number of pyridine rings is 1. The number of halogens is 1. The molecule has 5 heteroatoms. The molecule has 1 amide bonds. The zero-order valence-corrected chi connectivity index (χ0v) is 14.4. The molecule has 0 saturated carbocycles. The van der Waals surface area contributed by atoms with Crippen LogP contribution in [-0.4, -0.2) is 10.9 Å². The number of aromatic nitrogens is 1. The summed E-state index contributed by atoms with van der Waals surface area (Å²) in [7, 11) is 0. The Hall–Kier alpha value is -2.85. The van der Waals surface area contributed by atoms with E-state index >= 15 is 0 Å². The number of rotatable bonds is 3. The molecule has 0 radical (unpaired) electrons. The summed E-state index contributed by atoms with van der Waals surface area (Å²) in [5, 5.41) is 4.15. The molecule has 3 aromatic rings. The topological polar surface area (TPSA) is 45.2 Å². The fourth-order valence-corrected chi connectivity index (χ4v) is 3.28. The third-order valence-corrected chi connectivity index (χ3v) is 4.83. The standard InChI is InChI=1S/C20H16ClN3O/c1-13-16(21)9-6-10-17(13)23-19-14-7-2-3-8-15(14)20(25)24(19)18-11-4-5-12-22-18/h2-12,19,23H,1H3/t19-/m1/s1. The summed E-state index contributed by atoms with van der Waals surface area (Å²) in [6, 6.07) is 18.9. The average Bonchev–Trinajstić information content (AvgIpc) is 2.92. The van der Waals surface area contributed by atoms with Crippen molar-refractivity contribution in [3.63, 3.8) is 0 Å². The molecule has 4 rings (SSSR count). The van der Waals surface area contributed by atoms with Crippen LogP contribution in [0.2, 0.25) is 5.02 Å². The quantitative estimate of drug-likeness (QED) is 0.737. The van der Waals surface area contributed by atoms with Crippen LogP contribution < -0.4 is 10.2 Å². The second-order valence-corrected chi connectivity index (χ2v) is 6.32. The summed E-state index contributed by atoms with van der Waals surface area (Å²) < 4.78 is 0. The van der Waals surface area contributed by atoms with Crippen LogP contribution >= 0.6 is 11.6 Å². The highest BCUT2D eigenvalue weighted by Crippen LogP contribution is 2.38. The van der Waals surface area contributed by atoms with Crippen LogP contribution in [0.1, 0.15) is 27.7 Å². The van der Waals surface area contributed by atoms with E-state index in [4.69, 9.17) is 11.6 Å². The predicted octanol–water partition coefficient (Wildman–Crippen LogP) is 4.81. The molecule has 0 spiro atoms. The van der Waals surface area contributed by atoms with E-state index in [2.05, 4.69) is 10.3 Å². The van der Waals surface area contributed by atoms with Gasteiger partial charge in [0.2, 0.25) is 0 Å². The first-order chi connectivity index (χ1) is 12.2. The number of nitrogens with zero attached hydrogens (tertiary/aromatic N) is 2. The van der Waals surface area contributed by atoms with E-state index in [1.807, 2.05) is 67.6 Å². The maximum Gasteiger partial charge on any atom is 0.261 e. The minimum absolute atomic E-state index is 0.0634. The van der Waals surface area contributed by atoms with Gasteiger partial charge in [0.1, 0.15) is 12.0 Å². The van der Waals surface area contributed by atoms with Crippen molar-refractivity contribution in [2.45, 2.75) is 13.1 Å². The lowest BCUT2D eigenvalue weighted by Gasteiger charge is -2.27. The number of carbonyl (C=O) groups excluding carboxylic acids is 1. The second-order valence-electron chi connectivity index (χ2n) is 5.91. The van der Waals surface area contributed by atoms with E-state index in [0.29, 0.717) is 16.4 Å². The van der Waals surface area contributed by atoms with Gasteiger partial charge in [0.15, 0.2) is 0 Å². The summed E-state index contributed by atoms with van der Waals surface area (Å²) in [4.78, 5) is 19.0. The van der Waals surface area contributed by atoms with Crippen molar-refractivity contribution in [2.75, 3.05) is 10.2 Å². The fraction of sp³-hybridized carbons (Fsp3) is 0.100. The minimum Gasteiger partial charge on any atom is -0.361 e. The third-order valence-electron chi connectivity index (χ3n) is 4.42. The number of nitrogens with one attached hydrogen (secondary N) is 1. The molecule has 124 valence electrons. The lowest BCUT2D eigenvalue weighted by Crippen LogP contribution is -2.33. The molecule has 0 bridgehead atoms. The number of anilines is 2. The molecule has 1 atom stereocenters. The number of benzene rings is 2. The van der Waals surface area contributed by atoms with Gasteiger partial charge in [-0.1, -0.05) is 41.9 Å². The predicted molar refractivity (Wildman–Crippen MR) is 100 cm³/mol. The Morgan fingerprint density at radius 3 is 2.64 bits per heavy atom. The number of carbonyl (C=O) groups is 1. The van der Waals surface area contributed by atoms with Gasteiger partial charge in [-0.3, -0.25) is 9.69 Å². The van der Waals surface area contributed by atoms with Gasteiger partial charge in [-0.05, 0) is 42.8 Å². The van der Waals surface area contributed by atoms with Crippen LogP contribution in [0.3, 0.4) is 0 Å². The van der Waals surface area contributed by atoms with Crippen LogP contribution in [0.5, 0.6) is 0 Å². The second kappa shape index (κ2) is 6.22. The van der Waals surface area contributed by atoms with Crippen molar-refractivity contribution in [1.82, 2.24) is 4.98 Å². The summed E-state index contributed by atoms with van der Waals surface area (Å²) in [6.07, 6.45) is 1.35. The Balaban J connectivity index is 1.81. The van der Waals surface area contributed by atoms with E-state index in [1.54, 1.807) is 11.1 Å². The Morgan fingerprint density at radius 1 is 1.04 bits per heavy atom. The maximum absolute atomic E-state index is 13.0. The lowest BCUT2D eigenvalue weighted by molar-refractivity contribution is 0.0992. The Morgan fingerprint density at radius 2 is 1.84 bits per heavy atom. The maximum atomic E-state index is 13.0. The molecule has 2 heterocycles. The molecular weight excluding hydrogens is 334 g/mol. The molecule has 0 unspecified atom stereocenters. The number of amides is 1. The molecule has 1 aromatic heterocycles. The van der Waals surface area contributed by atoms with Crippen molar-refractivity contribution < 1.29 is 4.79 Å². The zero-order valence-electron chi connectivity index (χ0n) is 13.6. The smallest absolute Gasteiger partial charge is 0.261 e. The number of hydrogen-bond acceptors (Lipinski definition) is 3. The molecule has 4 nitrogen and oxygen atoms in total. The zero-order chi connectivity index (χ0) is 17.4. The summed E-state index contributed by atoms with van der Waals surface area (Å²) in [6.45, 7) is 1.96. The molecule has 0 fully saturated rings. The van der Waals surface area contributed by atoms with Crippen molar-refractivity contribution in [2.24, 2.45) is 0 Å². The Labute approximate surface area is 151 Å². The fourth-order valence-electron chi connectivity index (χ4n) is 3.10. The van der Waals surface area contributed by atoms with Crippen LogP contribution in [0.25, 0.3) is 0 Å². The van der Waals surface area contributed by atoms with Crippen molar-refractivity contribution in [1.29, 1.82) is 0 Å². The third kappa shape index (κ3) is 2.65. The first-order valence-corrected chi connectivity index (χ1v) is 8.40. The van der Waals surface area contributed by atoms with E-state index in [1.165, 1.54) is 0 Å². The highest BCUT2D eigenvalue weighted by Gasteiger charge is 2.38. The van der Waals surface area contributed by atoms with E-state index in [-0.39, 0.29) is 12.1 Å². The minimum atomic E-state index is -0.337. The van der Waals surface area contributed by atoms with Gasteiger partial charge in [-0.2, -0.15) is 0 Å². The molecule has 1 aliphatic heterocycles. The monoisotopic (exact) mass is 349 g/mol. The molecule has 0 saturated heterocycles. The van der Waals surface area contributed by atoms with Crippen molar-refractivity contribution >= 4 is 29.0 Å².